The first-order valence-corrected chi connectivity index (χ1v) is 4.45. The second-order valence-electron chi connectivity index (χ2n) is 3.65. The van der Waals surface area contributed by atoms with Crippen molar-refractivity contribution in [2.75, 3.05) is 14.1 Å². The van der Waals surface area contributed by atoms with Crippen molar-refractivity contribution >= 4 is 11.8 Å². The van der Waals surface area contributed by atoms with Gasteiger partial charge in [-0.2, -0.15) is 0 Å². The Balaban J connectivity index is 2.68. The summed E-state index contributed by atoms with van der Waals surface area (Å²) in [5, 5.41) is 0. The monoisotopic (exact) mass is 192 g/mol. The van der Waals surface area contributed by atoms with Crippen LogP contribution >= 0.6 is 0 Å². The van der Waals surface area contributed by atoms with Crippen LogP contribution in [0.5, 0.6) is 0 Å². The third-order valence-corrected chi connectivity index (χ3v) is 3.02. The highest BCUT2D eigenvalue weighted by Gasteiger charge is 2.42. The first-order chi connectivity index (χ1) is 6.46. The van der Waals surface area contributed by atoms with Gasteiger partial charge in [0.05, 0.1) is 11.1 Å². The Morgan fingerprint density at radius 3 is 1.36 bits per heavy atom. The fourth-order valence-corrected chi connectivity index (χ4v) is 1.86. The number of rotatable bonds is 0. The minimum absolute atomic E-state index is 0.0762. The zero-order chi connectivity index (χ0) is 10.6. The molecule has 4 nitrogen and oxygen atoms in total. The van der Waals surface area contributed by atoms with E-state index in [4.69, 9.17) is 0 Å². The Morgan fingerprint density at radius 2 is 1.07 bits per heavy atom. The standard InChI is InChI=1S/C10H12N2O2/c1-5-7-8(10(14)11(5)3)6(2)12(4)9(7)13/h1-4H3. The predicted molar refractivity (Wildman–Crippen MR) is 50.9 cm³/mol. The average Bonchev–Trinajstić information content (AvgIpc) is 2.51. The molecule has 0 unspecified atom stereocenters. The molecule has 0 spiro atoms. The van der Waals surface area contributed by atoms with Crippen molar-refractivity contribution < 1.29 is 9.59 Å². The lowest BCUT2D eigenvalue weighted by Crippen LogP contribution is -2.24. The van der Waals surface area contributed by atoms with Crippen LogP contribution in [0.4, 0.5) is 0 Å². The second kappa shape index (κ2) is 2.47. The summed E-state index contributed by atoms with van der Waals surface area (Å²) in [6.45, 7) is 3.59. The molecule has 0 aromatic heterocycles. The third-order valence-electron chi connectivity index (χ3n) is 3.02. The normalized spacial score (nSPS) is 21.7. The molecule has 2 heterocycles. The fraction of sp³-hybridized carbons (Fsp3) is 0.400. The molecule has 2 amide bonds. The molecule has 0 saturated carbocycles. The molecular formula is C10H12N2O2. The van der Waals surface area contributed by atoms with Gasteiger partial charge in [-0.3, -0.25) is 9.59 Å². The highest BCUT2D eigenvalue weighted by Crippen LogP contribution is 2.37. The van der Waals surface area contributed by atoms with Crippen LogP contribution in [0.25, 0.3) is 0 Å². The number of nitrogens with zero attached hydrogens (tertiary/aromatic N) is 2. The van der Waals surface area contributed by atoms with E-state index in [1.165, 1.54) is 9.80 Å². The lowest BCUT2D eigenvalue weighted by atomic mass is 10.1. The number of hydrogen-bond donors (Lipinski definition) is 0. The smallest absolute Gasteiger partial charge is 0.260 e. The zero-order valence-electron chi connectivity index (χ0n) is 8.71. The van der Waals surface area contributed by atoms with Crippen LogP contribution in [-0.2, 0) is 9.59 Å². The molecule has 0 atom stereocenters. The summed E-state index contributed by atoms with van der Waals surface area (Å²) in [5.74, 6) is -0.152. The van der Waals surface area contributed by atoms with Crippen LogP contribution in [0.3, 0.4) is 0 Å². The SMILES string of the molecule is CC1=C2C(=O)N(C)C(C)=C2C(=O)N1C. The van der Waals surface area contributed by atoms with Gasteiger partial charge in [0.15, 0.2) is 0 Å². The molecule has 0 aromatic carbocycles. The topological polar surface area (TPSA) is 40.6 Å². The lowest BCUT2D eigenvalue weighted by molar-refractivity contribution is -0.123. The van der Waals surface area contributed by atoms with Crippen LogP contribution in [0, 0.1) is 0 Å². The number of fused-ring (bicyclic) bond motifs is 1. The van der Waals surface area contributed by atoms with Gasteiger partial charge < -0.3 is 9.80 Å². The summed E-state index contributed by atoms with van der Waals surface area (Å²) in [6.07, 6.45) is 0. The Hall–Kier alpha value is -1.58. The van der Waals surface area contributed by atoms with Gasteiger partial charge in [-0.1, -0.05) is 0 Å². The van der Waals surface area contributed by atoms with Crippen LogP contribution < -0.4 is 0 Å². The Morgan fingerprint density at radius 1 is 0.786 bits per heavy atom. The van der Waals surface area contributed by atoms with E-state index in [2.05, 4.69) is 0 Å². The number of carbonyl (C=O) groups excluding carboxylic acids is 2. The molecule has 0 N–H and O–H groups in total. The van der Waals surface area contributed by atoms with E-state index in [9.17, 15) is 9.59 Å². The molecule has 0 bridgehead atoms. The van der Waals surface area contributed by atoms with Crippen LogP contribution in [0.15, 0.2) is 22.5 Å². The van der Waals surface area contributed by atoms with E-state index < -0.39 is 0 Å². The summed E-state index contributed by atoms with van der Waals surface area (Å²) < 4.78 is 0. The molecule has 2 aliphatic rings. The van der Waals surface area contributed by atoms with Crippen molar-refractivity contribution in [1.29, 1.82) is 0 Å². The first-order valence-electron chi connectivity index (χ1n) is 4.45. The van der Waals surface area contributed by atoms with Gasteiger partial charge in [-0.25, -0.2) is 0 Å². The second-order valence-corrected chi connectivity index (χ2v) is 3.65. The summed E-state index contributed by atoms with van der Waals surface area (Å²) in [6, 6.07) is 0. The first kappa shape index (κ1) is 8.99. The predicted octanol–water partition coefficient (Wildman–Crippen LogP) is 0.478. The van der Waals surface area contributed by atoms with Gasteiger partial charge in [-0.05, 0) is 13.8 Å². The molecule has 4 heteroatoms. The maximum atomic E-state index is 11.7. The maximum absolute atomic E-state index is 11.7. The van der Waals surface area contributed by atoms with E-state index in [1.54, 1.807) is 27.9 Å². The Labute approximate surface area is 82.5 Å². The number of allylic oxidation sites excluding steroid dienone is 2. The molecule has 0 radical (unpaired) electrons. The summed E-state index contributed by atoms with van der Waals surface area (Å²) in [4.78, 5) is 26.5. The zero-order valence-corrected chi connectivity index (χ0v) is 8.71. The van der Waals surface area contributed by atoms with Gasteiger partial charge in [0.25, 0.3) is 11.8 Å². The average molecular weight is 192 g/mol. The van der Waals surface area contributed by atoms with Crippen molar-refractivity contribution in [1.82, 2.24) is 9.80 Å². The number of amides is 2. The maximum Gasteiger partial charge on any atom is 0.260 e. The molecule has 0 aliphatic carbocycles. The Kier molecular flexibility index (Phi) is 1.58. The minimum atomic E-state index is -0.0762. The molecule has 0 fully saturated rings. The Bertz CT molecular complexity index is 378. The summed E-state index contributed by atoms with van der Waals surface area (Å²) >= 11 is 0. The fourth-order valence-electron chi connectivity index (χ4n) is 1.86. The van der Waals surface area contributed by atoms with Gasteiger partial charge in [0.1, 0.15) is 0 Å². The van der Waals surface area contributed by atoms with E-state index in [1.807, 2.05) is 0 Å². The van der Waals surface area contributed by atoms with E-state index in [0.717, 1.165) is 11.4 Å². The van der Waals surface area contributed by atoms with Crippen molar-refractivity contribution in [2.45, 2.75) is 13.8 Å². The third kappa shape index (κ3) is 0.780. The number of likely N-dealkylation sites (N-methyl/N-ethyl adjacent to an activating group) is 2. The van der Waals surface area contributed by atoms with Gasteiger partial charge in [0, 0.05) is 25.5 Å². The van der Waals surface area contributed by atoms with Crippen molar-refractivity contribution in [3.05, 3.63) is 22.5 Å². The van der Waals surface area contributed by atoms with Crippen molar-refractivity contribution in [3.8, 4) is 0 Å². The molecule has 2 aliphatic heterocycles. The number of hydrogen-bond acceptors (Lipinski definition) is 2. The van der Waals surface area contributed by atoms with Gasteiger partial charge in [0.2, 0.25) is 0 Å². The summed E-state index contributed by atoms with van der Waals surface area (Å²) in [5.41, 5.74) is 2.63. The van der Waals surface area contributed by atoms with E-state index in [0.29, 0.717) is 11.1 Å². The van der Waals surface area contributed by atoms with Crippen LogP contribution in [-0.4, -0.2) is 35.7 Å². The molecule has 2 rings (SSSR count). The summed E-state index contributed by atoms with van der Waals surface area (Å²) in [7, 11) is 3.38. The largest absolute Gasteiger partial charge is 0.315 e. The van der Waals surface area contributed by atoms with Crippen molar-refractivity contribution in [3.63, 3.8) is 0 Å². The molecule has 0 saturated heterocycles. The molecule has 0 aromatic rings. The van der Waals surface area contributed by atoms with Crippen LogP contribution in [0.2, 0.25) is 0 Å². The molecule has 14 heavy (non-hydrogen) atoms. The van der Waals surface area contributed by atoms with E-state index in [-0.39, 0.29) is 11.8 Å². The molecular weight excluding hydrogens is 180 g/mol. The van der Waals surface area contributed by atoms with Gasteiger partial charge >= 0.3 is 0 Å². The molecule has 74 valence electrons. The number of carbonyl (C=O) groups is 2. The quantitative estimate of drug-likeness (QED) is 0.560. The van der Waals surface area contributed by atoms with Gasteiger partial charge in [-0.15, -0.1) is 0 Å². The van der Waals surface area contributed by atoms with Crippen molar-refractivity contribution in [2.24, 2.45) is 0 Å². The highest BCUT2D eigenvalue weighted by molar-refractivity contribution is 6.18. The van der Waals surface area contributed by atoms with Crippen LogP contribution in [0.1, 0.15) is 13.8 Å². The lowest BCUT2D eigenvalue weighted by Gasteiger charge is -2.15. The van der Waals surface area contributed by atoms with E-state index >= 15 is 0 Å². The minimum Gasteiger partial charge on any atom is -0.315 e. The highest BCUT2D eigenvalue weighted by atomic mass is 16.2.